The Hall–Kier alpha value is -1.62. The molecule has 0 saturated heterocycles. The molecule has 1 N–H and O–H groups in total. The van der Waals surface area contributed by atoms with Gasteiger partial charge in [0.2, 0.25) is 0 Å². The summed E-state index contributed by atoms with van der Waals surface area (Å²) in [5.74, 6) is 0.871. The molecular weight excluding hydrogens is 270 g/mol. The summed E-state index contributed by atoms with van der Waals surface area (Å²) >= 11 is 1.70. The Morgan fingerprint density at radius 1 is 1.45 bits per heavy atom. The van der Waals surface area contributed by atoms with Gasteiger partial charge >= 0.3 is 0 Å². The van der Waals surface area contributed by atoms with Crippen molar-refractivity contribution in [1.82, 2.24) is 9.55 Å². The largest absolute Gasteiger partial charge is 0.358 e. The molecule has 0 spiro atoms. The van der Waals surface area contributed by atoms with Gasteiger partial charge in [-0.25, -0.2) is 4.98 Å². The van der Waals surface area contributed by atoms with Crippen LogP contribution in [0.1, 0.15) is 38.1 Å². The summed E-state index contributed by atoms with van der Waals surface area (Å²) in [6.45, 7) is 7.01. The number of hydrogen-bond acceptors (Lipinski definition) is 4. The first-order chi connectivity index (χ1) is 9.61. The number of nitrogens with one attached hydrogen (secondary N) is 1. The summed E-state index contributed by atoms with van der Waals surface area (Å²) in [6, 6.07) is 4.26. The van der Waals surface area contributed by atoms with Gasteiger partial charge in [-0.2, -0.15) is 0 Å². The van der Waals surface area contributed by atoms with Crippen molar-refractivity contribution in [2.75, 3.05) is 5.32 Å². The zero-order chi connectivity index (χ0) is 14.5. The number of aromatic nitrogens is 2. The fraction of sp³-hybridized carbons (Fsp3) is 0.467. The van der Waals surface area contributed by atoms with Gasteiger partial charge in [-0.1, -0.05) is 26.8 Å². The number of hydrogen-bond donors (Lipinski definition) is 1. The fourth-order valence-corrected chi connectivity index (χ4v) is 2.97. The Bertz CT molecular complexity index is 589. The van der Waals surface area contributed by atoms with Crippen molar-refractivity contribution in [3.8, 4) is 0 Å². The standard InChI is InChI=1S/C15H21N3OS/c1-4-12(13-6-5-9-20-13)17-14-15(19)18(8-7-16-14)10-11(2)3/h5-9,11-12H,4,10H2,1-3H3,(H,16,17). The molecule has 1 unspecified atom stereocenters. The van der Waals surface area contributed by atoms with Crippen LogP contribution in [0.3, 0.4) is 0 Å². The van der Waals surface area contributed by atoms with Crippen LogP contribution in [0.25, 0.3) is 0 Å². The van der Waals surface area contributed by atoms with Gasteiger partial charge in [-0.3, -0.25) is 4.79 Å². The summed E-state index contributed by atoms with van der Waals surface area (Å²) in [5.41, 5.74) is -0.0452. The van der Waals surface area contributed by atoms with Crippen molar-refractivity contribution in [1.29, 1.82) is 0 Å². The Morgan fingerprint density at radius 3 is 2.85 bits per heavy atom. The summed E-state index contributed by atoms with van der Waals surface area (Å²) < 4.78 is 1.72. The molecule has 4 nitrogen and oxygen atoms in total. The zero-order valence-corrected chi connectivity index (χ0v) is 13.0. The van der Waals surface area contributed by atoms with Gasteiger partial charge < -0.3 is 9.88 Å². The Labute approximate surface area is 123 Å². The van der Waals surface area contributed by atoms with Gasteiger partial charge in [0.05, 0.1) is 6.04 Å². The highest BCUT2D eigenvalue weighted by Gasteiger charge is 2.14. The summed E-state index contributed by atoms with van der Waals surface area (Å²) in [7, 11) is 0. The third-order valence-corrected chi connectivity index (χ3v) is 4.07. The molecular formula is C15H21N3OS. The van der Waals surface area contributed by atoms with E-state index in [9.17, 15) is 4.79 Å². The summed E-state index contributed by atoms with van der Waals surface area (Å²) in [6.07, 6.45) is 4.35. The third-order valence-electron chi connectivity index (χ3n) is 3.08. The van der Waals surface area contributed by atoms with E-state index in [0.29, 0.717) is 18.3 Å². The number of rotatable bonds is 6. The lowest BCUT2D eigenvalue weighted by Crippen LogP contribution is -2.27. The molecule has 0 fully saturated rings. The molecule has 5 heteroatoms. The SMILES string of the molecule is CCC(Nc1nccn(CC(C)C)c1=O)c1cccs1. The predicted octanol–water partition coefficient (Wildman–Crippen LogP) is 3.52. The third kappa shape index (κ3) is 3.48. The topological polar surface area (TPSA) is 46.9 Å². The molecule has 2 rings (SSSR count). The molecule has 0 aromatic carbocycles. The van der Waals surface area contributed by atoms with Crippen molar-refractivity contribution < 1.29 is 0 Å². The van der Waals surface area contributed by atoms with Crippen LogP contribution in [-0.4, -0.2) is 9.55 Å². The maximum atomic E-state index is 12.4. The first-order valence-corrected chi connectivity index (χ1v) is 7.85. The maximum Gasteiger partial charge on any atom is 0.293 e. The quantitative estimate of drug-likeness (QED) is 0.885. The zero-order valence-electron chi connectivity index (χ0n) is 12.2. The van der Waals surface area contributed by atoms with Gasteiger partial charge in [0.25, 0.3) is 5.56 Å². The van der Waals surface area contributed by atoms with E-state index >= 15 is 0 Å². The second kappa shape index (κ2) is 6.70. The van der Waals surface area contributed by atoms with Crippen molar-refractivity contribution >= 4 is 17.2 Å². The number of thiophene rings is 1. The van der Waals surface area contributed by atoms with Crippen LogP contribution in [0.5, 0.6) is 0 Å². The molecule has 2 aromatic rings. The van der Waals surface area contributed by atoms with Gasteiger partial charge in [-0.05, 0) is 23.8 Å². The van der Waals surface area contributed by atoms with Crippen molar-refractivity contribution in [2.24, 2.45) is 5.92 Å². The second-order valence-corrected chi connectivity index (χ2v) is 6.23. The van der Waals surface area contributed by atoms with E-state index in [2.05, 4.69) is 42.5 Å². The van der Waals surface area contributed by atoms with Gasteiger partial charge in [0.15, 0.2) is 5.82 Å². The minimum Gasteiger partial charge on any atom is -0.358 e. The molecule has 0 aliphatic heterocycles. The maximum absolute atomic E-state index is 12.4. The highest BCUT2D eigenvalue weighted by Crippen LogP contribution is 2.24. The van der Waals surface area contributed by atoms with Crippen LogP contribution in [-0.2, 0) is 6.54 Å². The minimum absolute atomic E-state index is 0.0452. The molecule has 108 valence electrons. The van der Waals surface area contributed by atoms with Gasteiger partial charge in [0, 0.05) is 23.8 Å². The van der Waals surface area contributed by atoms with Crippen molar-refractivity contribution in [3.63, 3.8) is 0 Å². The molecule has 2 heterocycles. The lowest BCUT2D eigenvalue weighted by Gasteiger charge is -2.17. The van der Waals surface area contributed by atoms with Crippen LogP contribution in [0.2, 0.25) is 0 Å². The molecule has 0 aliphatic carbocycles. The Balaban J connectivity index is 2.23. The normalized spacial score (nSPS) is 12.6. The van der Waals surface area contributed by atoms with Crippen molar-refractivity contribution in [2.45, 2.75) is 39.8 Å². The molecule has 1 atom stereocenters. The molecule has 0 aliphatic rings. The molecule has 2 aromatic heterocycles. The molecule has 0 bridgehead atoms. The first kappa shape index (κ1) is 14.8. The van der Waals surface area contributed by atoms with Crippen LogP contribution < -0.4 is 10.9 Å². The summed E-state index contributed by atoms with van der Waals surface area (Å²) in [4.78, 5) is 17.8. The summed E-state index contributed by atoms with van der Waals surface area (Å²) in [5, 5.41) is 5.33. The monoisotopic (exact) mass is 291 g/mol. The smallest absolute Gasteiger partial charge is 0.293 e. The van der Waals surface area contributed by atoms with E-state index in [4.69, 9.17) is 0 Å². The first-order valence-electron chi connectivity index (χ1n) is 6.97. The van der Waals surface area contributed by atoms with Crippen LogP contribution >= 0.6 is 11.3 Å². The molecule has 0 radical (unpaired) electrons. The van der Waals surface area contributed by atoms with E-state index < -0.39 is 0 Å². The lowest BCUT2D eigenvalue weighted by molar-refractivity contribution is 0.509. The van der Waals surface area contributed by atoms with E-state index in [1.54, 1.807) is 28.3 Å². The lowest BCUT2D eigenvalue weighted by atomic mass is 10.2. The van der Waals surface area contributed by atoms with Crippen LogP contribution in [0.4, 0.5) is 5.82 Å². The van der Waals surface area contributed by atoms with E-state index in [1.165, 1.54) is 4.88 Å². The van der Waals surface area contributed by atoms with Gasteiger partial charge in [0.1, 0.15) is 0 Å². The molecule has 0 amide bonds. The van der Waals surface area contributed by atoms with Gasteiger partial charge in [-0.15, -0.1) is 11.3 Å². The number of anilines is 1. The van der Waals surface area contributed by atoms with Crippen molar-refractivity contribution in [3.05, 3.63) is 45.1 Å². The van der Waals surface area contributed by atoms with E-state index in [0.717, 1.165) is 6.42 Å². The highest BCUT2D eigenvalue weighted by molar-refractivity contribution is 7.10. The van der Waals surface area contributed by atoms with Crippen LogP contribution in [0, 0.1) is 5.92 Å². The molecule has 20 heavy (non-hydrogen) atoms. The van der Waals surface area contributed by atoms with Crippen LogP contribution in [0.15, 0.2) is 34.7 Å². The predicted molar refractivity (Wildman–Crippen MR) is 84.3 cm³/mol. The van der Waals surface area contributed by atoms with E-state index in [-0.39, 0.29) is 11.6 Å². The Kier molecular flexibility index (Phi) is 4.95. The fourth-order valence-electron chi connectivity index (χ4n) is 2.11. The number of nitrogens with zero attached hydrogens (tertiary/aromatic N) is 2. The molecule has 0 saturated carbocycles. The van der Waals surface area contributed by atoms with E-state index in [1.807, 2.05) is 6.07 Å². The second-order valence-electron chi connectivity index (χ2n) is 5.25. The minimum atomic E-state index is -0.0452. The Morgan fingerprint density at radius 2 is 2.25 bits per heavy atom. The highest BCUT2D eigenvalue weighted by atomic mass is 32.1. The average molecular weight is 291 g/mol. The average Bonchev–Trinajstić information content (AvgIpc) is 2.93.